The molecule has 3 heterocycles. The molecule has 1 atom stereocenters. The number of carbonyl (C=O) groups is 1. The molecule has 1 amide bonds. The van der Waals surface area contributed by atoms with Crippen molar-refractivity contribution in [3.63, 3.8) is 0 Å². The van der Waals surface area contributed by atoms with Crippen LogP contribution in [0.3, 0.4) is 0 Å². The molecule has 1 N–H and O–H groups in total. The number of sulfonamides is 1. The predicted molar refractivity (Wildman–Crippen MR) is 140 cm³/mol. The second kappa shape index (κ2) is 12.6. The molecule has 0 bridgehead atoms. The summed E-state index contributed by atoms with van der Waals surface area (Å²) in [7, 11) is -3.74. The molecule has 1 saturated heterocycles. The van der Waals surface area contributed by atoms with Gasteiger partial charge in [0.25, 0.3) is 15.9 Å². The average molecular weight is 573 g/mol. The van der Waals surface area contributed by atoms with E-state index in [1.165, 1.54) is 16.7 Å². The molecule has 0 saturated carbocycles. The molecule has 1 unspecified atom stereocenters. The Labute approximate surface area is 214 Å². The maximum atomic E-state index is 13.2. The standard InChI is InChI=1S/C19H19BrClN5O3S.2C2H6/c1-2-15-11-25(5-6-26(15)19(27)18-22-9-13(20)10-23-18)30(28,29)17-8-12-7-14(21)3-4-16(12)24-17;2*1-2/h3-4,7-10,15,24H,2,5-6,11H2,1H3;2*1-2H3. The van der Waals surface area contributed by atoms with Gasteiger partial charge in [0.2, 0.25) is 5.82 Å². The maximum absolute atomic E-state index is 13.2. The summed E-state index contributed by atoms with van der Waals surface area (Å²) in [6.07, 6.45) is 3.64. The Hall–Kier alpha value is -2.01. The number of aromatic amines is 1. The normalized spacial score (nSPS) is 16.3. The molecule has 186 valence electrons. The molecule has 1 aliphatic rings. The van der Waals surface area contributed by atoms with Gasteiger partial charge in [0.1, 0.15) is 5.03 Å². The van der Waals surface area contributed by atoms with E-state index in [1.807, 2.05) is 34.6 Å². The van der Waals surface area contributed by atoms with E-state index in [2.05, 4.69) is 30.9 Å². The van der Waals surface area contributed by atoms with Crippen LogP contribution in [-0.2, 0) is 10.0 Å². The smallest absolute Gasteiger partial charge is 0.291 e. The number of halogens is 2. The van der Waals surface area contributed by atoms with E-state index in [-0.39, 0.29) is 42.4 Å². The fourth-order valence-electron chi connectivity index (χ4n) is 3.57. The minimum Gasteiger partial charge on any atom is -0.345 e. The van der Waals surface area contributed by atoms with Crippen molar-refractivity contribution in [2.75, 3.05) is 19.6 Å². The second-order valence-electron chi connectivity index (χ2n) is 7.01. The summed E-state index contributed by atoms with van der Waals surface area (Å²) in [6.45, 7) is 10.6. The SMILES string of the molecule is CC.CC.CCC1CN(S(=O)(=O)c2cc3cc(Cl)ccc3[nH]2)CCN1C(=O)c1ncc(Br)cn1. The van der Waals surface area contributed by atoms with Gasteiger partial charge >= 0.3 is 0 Å². The number of H-pyrrole nitrogens is 1. The third kappa shape index (κ3) is 6.16. The zero-order chi connectivity index (χ0) is 25.5. The molecule has 2 aromatic heterocycles. The van der Waals surface area contributed by atoms with Crippen molar-refractivity contribution >= 4 is 54.4 Å². The molecule has 4 rings (SSSR count). The summed E-state index contributed by atoms with van der Waals surface area (Å²) in [6, 6.07) is 6.49. The predicted octanol–water partition coefficient (Wildman–Crippen LogP) is 5.35. The zero-order valence-corrected chi connectivity index (χ0v) is 23.2. The summed E-state index contributed by atoms with van der Waals surface area (Å²) < 4.78 is 28.5. The summed E-state index contributed by atoms with van der Waals surface area (Å²) in [5, 5.41) is 1.39. The number of aromatic nitrogens is 3. The van der Waals surface area contributed by atoms with Crippen molar-refractivity contribution in [2.24, 2.45) is 0 Å². The molecule has 1 fully saturated rings. The van der Waals surface area contributed by atoms with Crippen LogP contribution in [0, 0.1) is 0 Å². The van der Waals surface area contributed by atoms with Crippen molar-refractivity contribution in [1.29, 1.82) is 0 Å². The van der Waals surface area contributed by atoms with E-state index >= 15 is 0 Å². The second-order valence-corrected chi connectivity index (χ2v) is 10.3. The molecule has 11 heteroatoms. The van der Waals surface area contributed by atoms with Gasteiger partial charge in [-0.3, -0.25) is 4.79 Å². The van der Waals surface area contributed by atoms with Gasteiger partial charge in [-0.1, -0.05) is 46.2 Å². The highest BCUT2D eigenvalue weighted by molar-refractivity contribution is 9.10. The molecule has 1 aromatic carbocycles. The molecule has 8 nitrogen and oxygen atoms in total. The lowest BCUT2D eigenvalue weighted by Gasteiger charge is -2.39. The van der Waals surface area contributed by atoms with Crippen molar-refractivity contribution in [1.82, 2.24) is 24.2 Å². The van der Waals surface area contributed by atoms with Gasteiger partial charge < -0.3 is 9.88 Å². The number of rotatable bonds is 4. The lowest BCUT2D eigenvalue weighted by atomic mass is 10.1. The summed E-state index contributed by atoms with van der Waals surface area (Å²) in [4.78, 5) is 25.6. The van der Waals surface area contributed by atoms with Crippen LogP contribution in [0.15, 0.2) is 46.2 Å². The zero-order valence-electron chi connectivity index (χ0n) is 20.0. The number of hydrogen-bond donors (Lipinski definition) is 1. The highest BCUT2D eigenvalue weighted by atomic mass is 79.9. The monoisotopic (exact) mass is 571 g/mol. The van der Waals surface area contributed by atoms with Gasteiger partial charge in [0.15, 0.2) is 0 Å². The Kier molecular flexibility index (Phi) is 10.5. The first kappa shape index (κ1) is 28.2. The van der Waals surface area contributed by atoms with E-state index in [1.54, 1.807) is 29.2 Å². The molecule has 3 aromatic rings. The van der Waals surface area contributed by atoms with Crippen LogP contribution in [0.1, 0.15) is 51.7 Å². The van der Waals surface area contributed by atoms with Gasteiger partial charge in [0, 0.05) is 54.0 Å². The van der Waals surface area contributed by atoms with E-state index in [0.717, 1.165) is 5.39 Å². The van der Waals surface area contributed by atoms with Gasteiger partial charge in [-0.2, -0.15) is 4.31 Å². The van der Waals surface area contributed by atoms with E-state index in [9.17, 15) is 13.2 Å². The largest absolute Gasteiger partial charge is 0.345 e. The first-order valence-corrected chi connectivity index (χ1v) is 14.0. The highest BCUT2D eigenvalue weighted by Gasteiger charge is 2.37. The van der Waals surface area contributed by atoms with Crippen LogP contribution in [0.5, 0.6) is 0 Å². The highest BCUT2D eigenvalue weighted by Crippen LogP contribution is 2.26. The lowest BCUT2D eigenvalue weighted by Crippen LogP contribution is -2.56. The number of carbonyl (C=O) groups excluding carboxylic acids is 1. The Bertz CT molecular complexity index is 1200. The summed E-state index contributed by atoms with van der Waals surface area (Å²) in [5.74, 6) is -0.202. The molecular formula is C23H31BrClN5O3S. The number of amides is 1. The third-order valence-electron chi connectivity index (χ3n) is 5.17. The van der Waals surface area contributed by atoms with Crippen molar-refractivity contribution in [2.45, 2.75) is 52.1 Å². The Balaban J connectivity index is 0.000000970. The number of fused-ring (bicyclic) bond motifs is 1. The topological polar surface area (TPSA) is 99.3 Å². The van der Waals surface area contributed by atoms with E-state index in [4.69, 9.17) is 11.6 Å². The molecule has 0 radical (unpaired) electrons. The Morgan fingerprint density at radius 1 is 1.15 bits per heavy atom. The van der Waals surface area contributed by atoms with Crippen molar-refractivity contribution < 1.29 is 13.2 Å². The molecule has 0 aliphatic carbocycles. The van der Waals surface area contributed by atoms with Gasteiger partial charge in [-0.15, -0.1) is 0 Å². The number of benzene rings is 1. The first-order chi connectivity index (χ1) is 16.3. The average Bonchev–Trinajstić information content (AvgIpc) is 3.30. The third-order valence-corrected chi connectivity index (χ3v) is 7.60. The van der Waals surface area contributed by atoms with Gasteiger partial charge in [-0.25, -0.2) is 18.4 Å². The number of hydrogen-bond acceptors (Lipinski definition) is 5. The van der Waals surface area contributed by atoms with Crippen LogP contribution in [0.25, 0.3) is 10.9 Å². The Morgan fingerprint density at radius 3 is 2.41 bits per heavy atom. The van der Waals surface area contributed by atoms with E-state index in [0.29, 0.717) is 21.4 Å². The Morgan fingerprint density at radius 2 is 1.79 bits per heavy atom. The fraction of sp³-hybridized carbons (Fsp3) is 0.435. The minimum absolute atomic E-state index is 0.0976. The molecular weight excluding hydrogens is 542 g/mol. The molecule has 0 spiro atoms. The van der Waals surface area contributed by atoms with Gasteiger partial charge in [0.05, 0.1) is 4.47 Å². The van der Waals surface area contributed by atoms with Gasteiger partial charge in [-0.05, 0) is 46.6 Å². The van der Waals surface area contributed by atoms with Crippen LogP contribution in [-0.4, -0.2) is 64.2 Å². The van der Waals surface area contributed by atoms with Crippen LogP contribution >= 0.6 is 27.5 Å². The lowest BCUT2D eigenvalue weighted by molar-refractivity contribution is 0.0546. The minimum atomic E-state index is -3.74. The number of piperazine rings is 1. The first-order valence-electron chi connectivity index (χ1n) is 11.4. The number of nitrogens with zero attached hydrogens (tertiary/aromatic N) is 4. The quantitative estimate of drug-likeness (QED) is 0.454. The van der Waals surface area contributed by atoms with Crippen molar-refractivity contribution in [3.05, 3.63) is 52.0 Å². The van der Waals surface area contributed by atoms with E-state index < -0.39 is 10.0 Å². The molecule has 34 heavy (non-hydrogen) atoms. The summed E-state index contributed by atoms with van der Waals surface area (Å²) >= 11 is 9.26. The molecule has 1 aliphatic heterocycles. The van der Waals surface area contributed by atoms with Crippen LogP contribution in [0.2, 0.25) is 5.02 Å². The fourth-order valence-corrected chi connectivity index (χ4v) is 5.44. The summed E-state index contributed by atoms with van der Waals surface area (Å²) in [5.41, 5.74) is 0.700. The van der Waals surface area contributed by atoms with Crippen LogP contribution in [0.4, 0.5) is 0 Å². The number of nitrogens with one attached hydrogen (secondary N) is 1. The van der Waals surface area contributed by atoms with Crippen LogP contribution < -0.4 is 0 Å². The van der Waals surface area contributed by atoms with Crippen molar-refractivity contribution in [3.8, 4) is 0 Å². The maximum Gasteiger partial charge on any atom is 0.291 e.